The number of pyridine rings is 1. The lowest BCUT2D eigenvalue weighted by molar-refractivity contribution is 0.410. The van der Waals surface area contributed by atoms with E-state index in [1.807, 2.05) is 0 Å². The topological polar surface area (TPSA) is 24.9 Å². The van der Waals surface area contributed by atoms with Crippen LogP contribution in [0, 0.1) is 23.5 Å². The molecule has 2 aromatic rings. The number of hydrogen-bond donors (Lipinski definition) is 1. The van der Waals surface area contributed by atoms with E-state index >= 15 is 0 Å². The Morgan fingerprint density at radius 2 is 1.68 bits per heavy atom. The van der Waals surface area contributed by atoms with Crippen molar-refractivity contribution in [2.45, 2.75) is 6.54 Å². The van der Waals surface area contributed by atoms with Crippen molar-refractivity contribution in [3.63, 3.8) is 0 Å². The molecule has 7 heteroatoms. The molecule has 19 heavy (non-hydrogen) atoms. The van der Waals surface area contributed by atoms with Crippen molar-refractivity contribution in [3.05, 3.63) is 58.4 Å². The van der Waals surface area contributed by atoms with Gasteiger partial charge >= 0.3 is 0 Å². The molecule has 0 bridgehead atoms. The Balaban J connectivity index is 2.25. The van der Waals surface area contributed by atoms with Crippen molar-refractivity contribution < 1.29 is 17.6 Å². The van der Waals surface area contributed by atoms with Gasteiger partial charge in [0.05, 0.1) is 0 Å². The molecule has 0 aliphatic rings. The monoisotopic (exact) mass is 290 g/mol. The molecular formula is C12H7ClF4N2. The Hall–Kier alpha value is -1.82. The van der Waals surface area contributed by atoms with E-state index in [4.69, 9.17) is 11.6 Å². The van der Waals surface area contributed by atoms with Gasteiger partial charge in [0.2, 0.25) is 11.6 Å². The summed E-state index contributed by atoms with van der Waals surface area (Å²) in [7, 11) is 0. The summed E-state index contributed by atoms with van der Waals surface area (Å²) >= 11 is 5.73. The first-order valence-corrected chi connectivity index (χ1v) is 5.55. The Morgan fingerprint density at radius 3 is 2.26 bits per heavy atom. The third-order valence-electron chi connectivity index (χ3n) is 2.36. The zero-order valence-electron chi connectivity index (χ0n) is 9.35. The summed E-state index contributed by atoms with van der Waals surface area (Å²) in [5, 5.41) is 2.72. The average Bonchev–Trinajstić information content (AvgIpc) is 2.36. The predicted molar refractivity (Wildman–Crippen MR) is 62.8 cm³/mol. The summed E-state index contributed by atoms with van der Waals surface area (Å²) in [5.74, 6) is -6.54. The third-order valence-corrected chi connectivity index (χ3v) is 2.59. The maximum atomic E-state index is 13.3. The average molecular weight is 291 g/mol. The largest absolute Gasteiger partial charge is 0.376 e. The van der Waals surface area contributed by atoms with E-state index in [9.17, 15) is 17.6 Å². The first-order valence-electron chi connectivity index (χ1n) is 5.17. The fourth-order valence-electron chi connectivity index (χ4n) is 1.48. The van der Waals surface area contributed by atoms with Gasteiger partial charge in [0.25, 0.3) is 11.9 Å². The van der Waals surface area contributed by atoms with Crippen molar-refractivity contribution in [3.8, 4) is 0 Å². The number of halogens is 5. The molecule has 0 saturated carbocycles. The number of aromatic nitrogens is 1. The summed E-state index contributed by atoms with van der Waals surface area (Å²) in [5.41, 5.74) is -0.297. The number of nitrogens with zero attached hydrogens (tertiary/aromatic N) is 1. The summed E-state index contributed by atoms with van der Waals surface area (Å²) in [6.07, 6.45) is 0. The summed E-state index contributed by atoms with van der Waals surface area (Å²) in [6, 6.07) is 6.46. The van der Waals surface area contributed by atoms with Crippen LogP contribution < -0.4 is 5.32 Å². The highest BCUT2D eigenvalue weighted by Gasteiger charge is 2.20. The highest BCUT2D eigenvalue weighted by atomic mass is 35.5. The summed E-state index contributed by atoms with van der Waals surface area (Å²) in [4.78, 5) is 2.46. The minimum absolute atomic E-state index is 0.0444. The van der Waals surface area contributed by atoms with E-state index in [2.05, 4.69) is 10.3 Å². The van der Waals surface area contributed by atoms with Crippen LogP contribution in [0.5, 0.6) is 0 Å². The Labute approximate surface area is 111 Å². The van der Waals surface area contributed by atoms with Crippen LogP contribution >= 0.6 is 11.6 Å². The standard InChI is InChI=1S/C12H7ClF4N2/c13-7-3-1-2-6(4-7)5-18-10-8(14)11(16)19-12(17)9(10)15/h1-4H,5H2,(H,18,19). The number of hydrogen-bond acceptors (Lipinski definition) is 2. The van der Waals surface area contributed by atoms with Gasteiger partial charge in [-0.15, -0.1) is 0 Å². The highest BCUT2D eigenvalue weighted by Crippen LogP contribution is 2.23. The van der Waals surface area contributed by atoms with Crippen LogP contribution in [0.4, 0.5) is 23.2 Å². The molecule has 0 spiro atoms. The molecule has 100 valence electrons. The van der Waals surface area contributed by atoms with Crippen LogP contribution in [0.1, 0.15) is 5.56 Å². The summed E-state index contributed by atoms with van der Waals surface area (Å²) < 4.78 is 52.3. The second-order valence-electron chi connectivity index (χ2n) is 3.68. The number of nitrogens with one attached hydrogen (secondary N) is 1. The van der Waals surface area contributed by atoms with Crippen molar-refractivity contribution >= 4 is 17.3 Å². The van der Waals surface area contributed by atoms with E-state index in [1.54, 1.807) is 24.3 Å². The molecule has 2 rings (SSSR count). The van der Waals surface area contributed by atoms with E-state index < -0.39 is 29.2 Å². The van der Waals surface area contributed by atoms with Gasteiger partial charge < -0.3 is 5.32 Å². The van der Waals surface area contributed by atoms with Gasteiger partial charge in [0, 0.05) is 11.6 Å². The predicted octanol–water partition coefficient (Wildman–Crippen LogP) is 3.90. The van der Waals surface area contributed by atoms with E-state index in [-0.39, 0.29) is 6.54 Å². The molecule has 0 radical (unpaired) electrons. The van der Waals surface area contributed by atoms with Crippen LogP contribution in [0.2, 0.25) is 5.02 Å². The van der Waals surface area contributed by atoms with Gasteiger partial charge in [-0.3, -0.25) is 0 Å². The molecular weight excluding hydrogens is 284 g/mol. The lowest BCUT2D eigenvalue weighted by Crippen LogP contribution is -2.09. The minimum Gasteiger partial charge on any atom is -0.376 e. The molecule has 0 unspecified atom stereocenters. The number of benzene rings is 1. The minimum atomic E-state index is -1.70. The molecule has 0 fully saturated rings. The first kappa shape index (κ1) is 13.6. The molecule has 1 aromatic carbocycles. The number of anilines is 1. The molecule has 0 aliphatic carbocycles. The quantitative estimate of drug-likeness (QED) is 0.685. The van der Waals surface area contributed by atoms with Crippen molar-refractivity contribution in [1.82, 2.24) is 4.98 Å². The van der Waals surface area contributed by atoms with Crippen LogP contribution in [0.3, 0.4) is 0 Å². The Morgan fingerprint density at radius 1 is 1.05 bits per heavy atom. The molecule has 0 saturated heterocycles. The molecule has 1 aromatic heterocycles. The fraction of sp³-hybridized carbons (Fsp3) is 0.0833. The first-order chi connectivity index (χ1) is 8.99. The maximum absolute atomic E-state index is 13.3. The van der Waals surface area contributed by atoms with Gasteiger partial charge in [0.1, 0.15) is 5.69 Å². The molecule has 1 N–H and O–H groups in total. The van der Waals surface area contributed by atoms with Crippen molar-refractivity contribution in [2.75, 3.05) is 5.32 Å². The molecule has 0 atom stereocenters. The lowest BCUT2D eigenvalue weighted by atomic mass is 10.2. The fourth-order valence-corrected chi connectivity index (χ4v) is 1.69. The van der Waals surface area contributed by atoms with Crippen LogP contribution in [0.15, 0.2) is 24.3 Å². The third kappa shape index (κ3) is 2.96. The second kappa shape index (κ2) is 5.44. The molecule has 0 amide bonds. The molecule has 0 aliphatic heterocycles. The Kier molecular flexibility index (Phi) is 3.90. The van der Waals surface area contributed by atoms with E-state index in [1.165, 1.54) is 0 Å². The normalized spacial score (nSPS) is 10.6. The zero-order chi connectivity index (χ0) is 14.0. The van der Waals surface area contributed by atoms with Crippen LogP contribution in [-0.4, -0.2) is 4.98 Å². The lowest BCUT2D eigenvalue weighted by Gasteiger charge is -2.09. The molecule has 1 heterocycles. The van der Waals surface area contributed by atoms with Gasteiger partial charge in [0.15, 0.2) is 0 Å². The Bertz CT molecular complexity index is 593. The van der Waals surface area contributed by atoms with Gasteiger partial charge in [-0.25, -0.2) is 0 Å². The highest BCUT2D eigenvalue weighted by molar-refractivity contribution is 6.30. The summed E-state index contributed by atoms with van der Waals surface area (Å²) in [6.45, 7) is -0.0444. The van der Waals surface area contributed by atoms with Crippen LogP contribution in [0.25, 0.3) is 0 Å². The van der Waals surface area contributed by atoms with E-state index in [0.29, 0.717) is 10.6 Å². The second-order valence-corrected chi connectivity index (χ2v) is 4.12. The van der Waals surface area contributed by atoms with Gasteiger partial charge in [-0.05, 0) is 17.7 Å². The van der Waals surface area contributed by atoms with Gasteiger partial charge in [-0.1, -0.05) is 23.7 Å². The smallest absolute Gasteiger partial charge is 0.253 e. The molecule has 2 nitrogen and oxygen atoms in total. The van der Waals surface area contributed by atoms with E-state index in [0.717, 1.165) is 0 Å². The van der Waals surface area contributed by atoms with Crippen molar-refractivity contribution in [1.29, 1.82) is 0 Å². The SMILES string of the molecule is Fc1nc(F)c(F)c(NCc2cccc(Cl)c2)c1F. The zero-order valence-corrected chi connectivity index (χ0v) is 10.1. The number of rotatable bonds is 3. The van der Waals surface area contributed by atoms with Crippen molar-refractivity contribution in [2.24, 2.45) is 0 Å². The van der Waals surface area contributed by atoms with Gasteiger partial charge in [-0.2, -0.15) is 22.5 Å². The maximum Gasteiger partial charge on any atom is 0.253 e. The van der Waals surface area contributed by atoms with Crippen LogP contribution in [-0.2, 0) is 6.54 Å².